The molecule has 1 aromatic carbocycles. The van der Waals surface area contributed by atoms with Crippen molar-refractivity contribution in [2.45, 2.75) is 59.8 Å². The van der Waals surface area contributed by atoms with Crippen molar-refractivity contribution >= 4 is 5.96 Å². The van der Waals surface area contributed by atoms with Gasteiger partial charge in [0.2, 0.25) is 0 Å². The number of likely N-dealkylation sites (N-methyl/N-ethyl adjacent to an activating group) is 1. The Morgan fingerprint density at radius 3 is 2.13 bits per heavy atom. The SMILES string of the molecule is CCNC(=NCc1ccc(CN2CCN(C)CC2)cc1)NCCN(C(C)C)C(C)C. The van der Waals surface area contributed by atoms with Gasteiger partial charge in [-0.1, -0.05) is 24.3 Å². The van der Waals surface area contributed by atoms with E-state index in [2.05, 4.69) is 91.3 Å². The molecule has 30 heavy (non-hydrogen) atoms. The molecule has 6 heteroatoms. The van der Waals surface area contributed by atoms with Gasteiger partial charge in [-0.15, -0.1) is 0 Å². The molecule has 0 saturated carbocycles. The second kappa shape index (κ2) is 12.9. The van der Waals surface area contributed by atoms with Crippen LogP contribution in [0.2, 0.25) is 0 Å². The Bertz CT molecular complexity index is 609. The van der Waals surface area contributed by atoms with Crippen molar-refractivity contribution in [1.29, 1.82) is 0 Å². The van der Waals surface area contributed by atoms with Gasteiger partial charge in [-0.05, 0) is 52.8 Å². The van der Waals surface area contributed by atoms with E-state index >= 15 is 0 Å². The van der Waals surface area contributed by atoms with E-state index in [1.54, 1.807) is 0 Å². The summed E-state index contributed by atoms with van der Waals surface area (Å²) in [5, 5.41) is 6.85. The first kappa shape index (κ1) is 24.6. The number of aliphatic imine (C=N–C) groups is 1. The fourth-order valence-corrected chi connectivity index (χ4v) is 3.94. The van der Waals surface area contributed by atoms with Crippen molar-refractivity contribution in [3.8, 4) is 0 Å². The largest absolute Gasteiger partial charge is 0.357 e. The second-order valence-corrected chi connectivity index (χ2v) is 8.94. The van der Waals surface area contributed by atoms with Gasteiger partial charge in [0, 0.05) is 64.4 Å². The van der Waals surface area contributed by atoms with Gasteiger partial charge in [0.25, 0.3) is 0 Å². The van der Waals surface area contributed by atoms with Gasteiger partial charge >= 0.3 is 0 Å². The zero-order valence-electron chi connectivity index (χ0n) is 20.1. The monoisotopic (exact) mass is 416 g/mol. The van der Waals surface area contributed by atoms with Gasteiger partial charge in [0.1, 0.15) is 0 Å². The molecule has 1 aliphatic heterocycles. The van der Waals surface area contributed by atoms with E-state index in [0.717, 1.165) is 45.2 Å². The summed E-state index contributed by atoms with van der Waals surface area (Å²) in [5.74, 6) is 0.895. The van der Waals surface area contributed by atoms with Crippen LogP contribution in [0.1, 0.15) is 45.7 Å². The second-order valence-electron chi connectivity index (χ2n) is 8.94. The molecule has 0 bridgehead atoms. The first-order valence-corrected chi connectivity index (χ1v) is 11.7. The molecule has 6 nitrogen and oxygen atoms in total. The molecule has 0 aliphatic carbocycles. The van der Waals surface area contributed by atoms with E-state index in [-0.39, 0.29) is 0 Å². The Hall–Kier alpha value is -1.63. The van der Waals surface area contributed by atoms with Crippen LogP contribution < -0.4 is 10.6 Å². The molecular formula is C24H44N6. The average molecular weight is 417 g/mol. The molecule has 0 aromatic heterocycles. The van der Waals surface area contributed by atoms with Gasteiger partial charge in [-0.3, -0.25) is 9.80 Å². The van der Waals surface area contributed by atoms with Crippen LogP contribution in [-0.4, -0.2) is 85.6 Å². The maximum atomic E-state index is 4.78. The standard InChI is InChI=1S/C24H44N6/c1-7-25-24(26-12-13-30(20(2)3)21(4)5)27-18-22-8-10-23(11-9-22)19-29-16-14-28(6)15-17-29/h8-11,20-21H,7,12-19H2,1-6H3,(H2,25,26,27). The third-order valence-electron chi connectivity index (χ3n) is 5.78. The van der Waals surface area contributed by atoms with Crippen LogP contribution in [-0.2, 0) is 13.1 Å². The topological polar surface area (TPSA) is 46.1 Å². The lowest BCUT2D eigenvalue weighted by molar-refractivity contribution is 0.148. The summed E-state index contributed by atoms with van der Waals surface area (Å²) in [7, 11) is 2.20. The van der Waals surface area contributed by atoms with Crippen LogP contribution in [0.25, 0.3) is 0 Å². The highest BCUT2D eigenvalue weighted by molar-refractivity contribution is 5.79. The van der Waals surface area contributed by atoms with Crippen molar-refractivity contribution < 1.29 is 0 Å². The normalized spacial score (nSPS) is 16.6. The summed E-state index contributed by atoms with van der Waals surface area (Å²) >= 11 is 0. The summed E-state index contributed by atoms with van der Waals surface area (Å²) in [6.45, 7) is 20.3. The van der Waals surface area contributed by atoms with Gasteiger partial charge in [-0.2, -0.15) is 0 Å². The van der Waals surface area contributed by atoms with Crippen LogP contribution in [0.4, 0.5) is 0 Å². The van der Waals surface area contributed by atoms with Crippen LogP contribution in [0, 0.1) is 0 Å². The van der Waals surface area contributed by atoms with Crippen molar-refractivity contribution in [3.63, 3.8) is 0 Å². The number of hydrogen-bond acceptors (Lipinski definition) is 4. The Morgan fingerprint density at radius 1 is 0.967 bits per heavy atom. The lowest BCUT2D eigenvalue weighted by Crippen LogP contribution is -2.45. The molecule has 1 aliphatic rings. The van der Waals surface area contributed by atoms with Crippen molar-refractivity contribution in [2.75, 3.05) is 52.9 Å². The minimum atomic E-state index is 0.552. The van der Waals surface area contributed by atoms with Gasteiger partial charge in [0.15, 0.2) is 5.96 Å². The van der Waals surface area contributed by atoms with Gasteiger partial charge in [0.05, 0.1) is 6.54 Å². The molecule has 2 rings (SSSR count). The number of nitrogens with one attached hydrogen (secondary N) is 2. The van der Waals surface area contributed by atoms with Crippen LogP contribution in [0.5, 0.6) is 0 Å². The number of hydrogen-bond donors (Lipinski definition) is 2. The van der Waals surface area contributed by atoms with Crippen LogP contribution in [0.3, 0.4) is 0 Å². The third kappa shape index (κ3) is 8.62. The Balaban J connectivity index is 1.83. The van der Waals surface area contributed by atoms with Crippen LogP contribution >= 0.6 is 0 Å². The molecule has 0 atom stereocenters. The molecule has 1 saturated heterocycles. The van der Waals surface area contributed by atoms with Crippen LogP contribution in [0.15, 0.2) is 29.3 Å². The number of rotatable bonds is 10. The Kier molecular flexibility index (Phi) is 10.6. The van der Waals surface area contributed by atoms with E-state index in [1.807, 2.05) is 0 Å². The molecule has 0 radical (unpaired) electrons. The molecule has 1 fully saturated rings. The summed E-state index contributed by atoms with van der Waals surface area (Å²) < 4.78 is 0. The minimum Gasteiger partial charge on any atom is -0.357 e. The number of nitrogens with zero attached hydrogens (tertiary/aromatic N) is 4. The van der Waals surface area contributed by atoms with E-state index in [4.69, 9.17) is 4.99 Å². The highest BCUT2D eigenvalue weighted by atomic mass is 15.2. The fourth-order valence-electron chi connectivity index (χ4n) is 3.94. The maximum Gasteiger partial charge on any atom is 0.191 e. The average Bonchev–Trinajstić information content (AvgIpc) is 2.71. The van der Waals surface area contributed by atoms with E-state index in [1.165, 1.54) is 24.2 Å². The van der Waals surface area contributed by atoms with E-state index < -0.39 is 0 Å². The fraction of sp³-hybridized carbons (Fsp3) is 0.708. The molecular weight excluding hydrogens is 372 g/mol. The summed E-state index contributed by atoms with van der Waals surface area (Å²) in [5.41, 5.74) is 2.64. The predicted molar refractivity (Wildman–Crippen MR) is 129 cm³/mol. The van der Waals surface area contributed by atoms with Crippen molar-refractivity contribution in [3.05, 3.63) is 35.4 Å². The van der Waals surface area contributed by atoms with E-state index in [9.17, 15) is 0 Å². The Labute approximate surface area is 184 Å². The molecule has 1 heterocycles. The van der Waals surface area contributed by atoms with E-state index in [0.29, 0.717) is 18.6 Å². The maximum absolute atomic E-state index is 4.78. The zero-order valence-corrected chi connectivity index (χ0v) is 20.1. The highest BCUT2D eigenvalue weighted by Gasteiger charge is 2.14. The first-order chi connectivity index (χ1) is 14.4. The molecule has 1 aromatic rings. The number of benzene rings is 1. The molecule has 0 unspecified atom stereocenters. The zero-order chi connectivity index (χ0) is 21.9. The van der Waals surface area contributed by atoms with Crippen molar-refractivity contribution in [2.24, 2.45) is 4.99 Å². The van der Waals surface area contributed by atoms with Gasteiger partial charge < -0.3 is 15.5 Å². The smallest absolute Gasteiger partial charge is 0.191 e. The molecule has 170 valence electrons. The summed E-state index contributed by atoms with van der Waals surface area (Å²) in [6, 6.07) is 10.1. The first-order valence-electron chi connectivity index (χ1n) is 11.7. The third-order valence-corrected chi connectivity index (χ3v) is 5.78. The summed E-state index contributed by atoms with van der Waals surface area (Å²) in [4.78, 5) is 12.2. The molecule has 0 amide bonds. The quantitative estimate of drug-likeness (QED) is 0.453. The lowest BCUT2D eigenvalue weighted by Gasteiger charge is -2.32. The minimum absolute atomic E-state index is 0.552. The van der Waals surface area contributed by atoms with Gasteiger partial charge in [-0.25, -0.2) is 4.99 Å². The highest BCUT2D eigenvalue weighted by Crippen LogP contribution is 2.10. The predicted octanol–water partition coefficient (Wildman–Crippen LogP) is 2.61. The number of guanidine groups is 1. The number of piperazine rings is 1. The Morgan fingerprint density at radius 2 is 1.57 bits per heavy atom. The molecule has 2 N–H and O–H groups in total. The van der Waals surface area contributed by atoms with Crippen molar-refractivity contribution in [1.82, 2.24) is 25.3 Å². The molecule has 0 spiro atoms. The summed E-state index contributed by atoms with van der Waals surface area (Å²) in [6.07, 6.45) is 0. The lowest BCUT2D eigenvalue weighted by atomic mass is 10.1.